The number of hydrogen-bond donors (Lipinski definition) is 1. The predicted octanol–water partition coefficient (Wildman–Crippen LogP) is 2.22. The van der Waals surface area contributed by atoms with Crippen LogP contribution in [0.5, 0.6) is 0 Å². The van der Waals surface area contributed by atoms with E-state index in [1.165, 1.54) is 7.11 Å². The summed E-state index contributed by atoms with van der Waals surface area (Å²) >= 11 is 1.59. The van der Waals surface area contributed by atoms with E-state index >= 15 is 0 Å². The fourth-order valence-corrected chi connectivity index (χ4v) is 2.61. The average molecular weight is 257 g/mol. The highest BCUT2D eigenvalue weighted by molar-refractivity contribution is 7.99. The summed E-state index contributed by atoms with van der Waals surface area (Å²) in [6.45, 7) is 6.45. The summed E-state index contributed by atoms with van der Waals surface area (Å²) in [7, 11) is 1.41. The molecular formula is C12H19NO3S. The molecule has 0 aromatic carbocycles. The van der Waals surface area contributed by atoms with Crippen LogP contribution in [0, 0.1) is 6.92 Å². The SMILES string of the molecule is CCNC(C)(CSc1ccoc1C)C(=O)OC. The molecule has 1 heterocycles. The number of esters is 1. The minimum atomic E-state index is -0.669. The summed E-state index contributed by atoms with van der Waals surface area (Å²) in [6, 6.07) is 1.91. The third kappa shape index (κ3) is 3.51. The number of thioether (sulfide) groups is 1. The first kappa shape index (κ1) is 14.1. The van der Waals surface area contributed by atoms with Crippen molar-refractivity contribution in [3.8, 4) is 0 Å². The van der Waals surface area contributed by atoms with E-state index in [4.69, 9.17) is 9.15 Å². The second-order valence-corrected chi connectivity index (χ2v) is 5.00. The van der Waals surface area contributed by atoms with E-state index in [0.29, 0.717) is 5.75 Å². The molecule has 5 heteroatoms. The van der Waals surface area contributed by atoms with Gasteiger partial charge in [0.2, 0.25) is 0 Å². The number of carbonyl (C=O) groups is 1. The van der Waals surface area contributed by atoms with E-state index in [0.717, 1.165) is 17.2 Å². The highest BCUT2D eigenvalue weighted by atomic mass is 32.2. The summed E-state index contributed by atoms with van der Waals surface area (Å²) in [5.41, 5.74) is -0.669. The maximum absolute atomic E-state index is 11.7. The molecule has 0 fully saturated rings. The smallest absolute Gasteiger partial charge is 0.326 e. The third-order valence-corrected chi connectivity index (χ3v) is 3.99. The lowest BCUT2D eigenvalue weighted by Gasteiger charge is -2.26. The van der Waals surface area contributed by atoms with Crippen LogP contribution in [-0.4, -0.2) is 30.9 Å². The van der Waals surface area contributed by atoms with Crippen LogP contribution in [-0.2, 0) is 9.53 Å². The van der Waals surface area contributed by atoms with E-state index in [2.05, 4.69) is 5.32 Å². The number of likely N-dealkylation sites (N-methyl/N-ethyl adjacent to an activating group) is 1. The van der Waals surface area contributed by atoms with Gasteiger partial charge in [0.1, 0.15) is 11.3 Å². The molecule has 0 aliphatic rings. The molecule has 0 amide bonds. The molecule has 1 aromatic heterocycles. The number of ether oxygens (including phenoxy) is 1. The lowest BCUT2D eigenvalue weighted by molar-refractivity contribution is -0.146. The average Bonchev–Trinajstić information content (AvgIpc) is 2.71. The van der Waals surface area contributed by atoms with Crippen molar-refractivity contribution in [3.05, 3.63) is 18.1 Å². The van der Waals surface area contributed by atoms with Crippen LogP contribution in [0.2, 0.25) is 0 Å². The van der Waals surface area contributed by atoms with Crippen molar-refractivity contribution in [1.29, 1.82) is 0 Å². The topological polar surface area (TPSA) is 51.5 Å². The molecule has 0 bridgehead atoms. The van der Waals surface area contributed by atoms with Crippen molar-refractivity contribution in [2.24, 2.45) is 0 Å². The largest absolute Gasteiger partial charge is 0.468 e. The van der Waals surface area contributed by atoms with Crippen LogP contribution in [0.25, 0.3) is 0 Å². The van der Waals surface area contributed by atoms with Crippen molar-refractivity contribution in [2.75, 3.05) is 19.4 Å². The van der Waals surface area contributed by atoms with Crippen LogP contribution in [0.15, 0.2) is 21.6 Å². The molecule has 1 rings (SSSR count). The lowest BCUT2D eigenvalue weighted by Crippen LogP contribution is -2.52. The molecule has 0 spiro atoms. The first-order valence-corrected chi connectivity index (χ1v) is 6.52. The zero-order valence-corrected chi connectivity index (χ0v) is 11.5. The Balaban J connectivity index is 2.68. The summed E-state index contributed by atoms with van der Waals surface area (Å²) in [6.07, 6.45) is 1.65. The maximum atomic E-state index is 11.7. The summed E-state index contributed by atoms with van der Waals surface area (Å²) in [5.74, 6) is 1.24. The van der Waals surface area contributed by atoms with Gasteiger partial charge in [-0.2, -0.15) is 0 Å². The van der Waals surface area contributed by atoms with E-state index in [1.54, 1.807) is 18.0 Å². The van der Waals surface area contributed by atoms with E-state index in [9.17, 15) is 4.79 Å². The van der Waals surface area contributed by atoms with Gasteiger partial charge >= 0.3 is 5.97 Å². The fourth-order valence-electron chi connectivity index (χ4n) is 1.54. The number of furan rings is 1. The zero-order valence-electron chi connectivity index (χ0n) is 10.7. The minimum Gasteiger partial charge on any atom is -0.468 e. The minimum absolute atomic E-state index is 0.243. The number of rotatable bonds is 6. The monoisotopic (exact) mass is 257 g/mol. The van der Waals surface area contributed by atoms with Crippen LogP contribution in [0.4, 0.5) is 0 Å². The molecule has 4 nitrogen and oxygen atoms in total. The molecule has 1 aromatic rings. The van der Waals surface area contributed by atoms with Gasteiger partial charge in [0.25, 0.3) is 0 Å². The van der Waals surface area contributed by atoms with Gasteiger partial charge in [-0.15, -0.1) is 11.8 Å². The molecule has 0 saturated heterocycles. The second-order valence-electron chi connectivity index (χ2n) is 3.98. The van der Waals surface area contributed by atoms with Gasteiger partial charge in [0, 0.05) is 10.6 Å². The standard InChI is InChI=1S/C12H19NO3S/c1-5-13-12(3,11(14)15-4)8-17-10-6-7-16-9(10)2/h6-7,13H,5,8H2,1-4H3. The molecule has 0 aliphatic carbocycles. The normalized spacial score (nSPS) is 14.4. The quantitative estimate of drug-likeness (QED) is 0.625. The van der Waals surface area contributed by atoms with Crippen LogP contribution in [0.3, 0.4) is 0 Å². The molecular weight excluding hydrogens is 238 g/mol. The Kier molecular flexibility index (Phi) is 5.08. The van der Waals surface area contributed by atoms with E-state index in [1.807, 2.05) is 26.8 Å². The van der Waals surface area contributed by atoms with Gasteiger partial charge < -0.3 is 14.5 Å². The van der Waals surface area contributed by atoms with Gasteiger partial charge in [-0.3, -0.25) is 4.79 Å². The van der Waals surface area contributed by atoms with Gasteiger partial charge in [0.15, 0.2) is 0 Å². The van der Waals surface area contributed by atoms with E-state index < -0.39 is 5.54 Å². The van der Waals surface area contributed by atoms with Gasteiger partial charge in [-0.25, -0.2) is 0 Å². The summed E-state index contributed by atoms with van der Waals surface area (Å²) in [4.78, 5) is 12.8. The first-order chi connectivity index (χ1) is 8.03. The highest BCUT2D eigenvalue weighted by Crippen LogP contribution is 2.27. The van der Waals surface area contributed by atoms with Crippen LogP contribution in [0.1, 0.15) is 19.6 Å². The molecule has 17 heavy (non-hydrogen) atoms. The van der Waals surface area contributed by atoms with Crippen LogP contribution >= 0.6 is 11.8 Å². The highest BCUT2D eigenvalue weighted by Gasteiger charge is 2.33. The van der Waals surface area contributed by atoms with Crippen molar-refractivity contribution in [1.82, 2.24) is 5.32 Å². The lowest BCUT2D eigenvalue weighted by atomic mass is 10.1. The first-order valence-electron chi connectivity index (χ1n) is 5.54. The molecule has 0 radical (unpaired) electrons. The Morgan fingerprint density at radius 3 is 2.82 bits per heavy atom. The number of aryl methyl sites for hydroxylation is 1. The van der Waals surface area contributed by atoms with E-state index in [-0.39, 0.29) is 5.97 Å². The Bertz CT molecular complexity index is 378. The van der Waals surface area contributed by atoms with Gasteiger partial charge in [-0.05, 0) is 26.5 Å². The number of hydrogen-bond acceptors (Lipinski definition) is 5. The maximum Gasteiger partial charge on any atom is 0.326 e. The van der Waals surface area contributed by atoms with Crippen molar-refractivity contribution in [3.63, 3.8) is 0 Å². The van der Waals surface area contributed by atoms with Gasteiger partial charge in [-0.1, -0.05) is 6.92 Å². The Hall–Kier alpha value is -0.940. The molecule has 1 atom stereocenters. The predicted molar refractivity (Wildman–Crippen MR) is 68.3 cm³/mol. The molecule has 96 valence electrons. The Labute approximate surface area is 106 Å². The van der Waals surface area contributed by atoms with Crippen molar-refractivity contribution < 1.29 is 13.9 Å². The Morgan fingerprint density at radius 2 is 2.35 bits per heavy atom. The van der Waals surface area contributed by atoms with Crippen LogP contribution < -0.4 is 5.32 Å². The molecule has 1 N–H and O–H groups in total. The number of methoxy groups -OCH3 is 1. The number of carbonyl (C=O) groups excluding carboxylic acids is 1. The Morgan fingerprint density at radius 1 is 1.65 bits per heavy atom. The molecule has 0 saturated carbocycles. The third-order valence-electron chi connectivity index (χ3n) is 2.53. The molecule has 1 unspecified atom stereocenters. The summed E-state index contributed by atoms with van der Waals surface area (Å²) < 4.78 is 10.0. The van der Waals surface area contributed by atoms with Gasteiger partial charge in [0.05, 0.1) is 13.4 Å². The zero-order chi connectivity index (χ0) is 12.9. The molecule has 0 aliphatic heterocycles. The second kappa shape index (κ2) is 6.12. The summed E-state index contributed by atoms with van der Waals surface area (Å²) in [5, 5.41) is 3.17. The van der Waals surface area contributed by atoms with Crippen molar-refractivity contribution >= 4 is 17.7 Å². The number of nitrogens with one attached hydrogen (secondary N) is 1. The van der Waals surface area contributed by atoms with Crippen molar-refractivity contribution in [2.45, 2.75) is 31.2 Å². The fraction of sp³-hybridized carbons (Fsp3) is 0.583.